The SMILES string of the molecule is CCCN(N)/C=C(\N)c1cc(F)c(Cl)c(F)c1. The predicted octanol–water partition coefficient (Wildman–Crippen LogP) is 2.46. The van der Waals surface area contributed by atoms with E-state index in [1.165, 1.54) is 11.2 Å². The van der Waals surface area contributed by atoms with Crippen molar-refractivity contribution < 1.29 is 8.78 Å². The van der Waals surface area contributed by atoms with E-state index in [1.54, 1.807) is 0 Å². The van der Waals surface area contributed by atoms with E-state index in [4.69, 9.17) is 23.2 Å². The summed E-state index contributed by atoms with van der Waals surface area (Å²) in [6.07, 6.45) is 2.26. The fourth-order valence-electron chi connectivity index (χ4n) is 1.30. The lowest BCUT2D eigenvalue weighted by Gasteiger charge is -2.13. The lowest BCUT2D eigenvalue weighted by Crippen LogP contribution is -2.26. The molecule has 0 radical (unpaired) electrons. The minimum atomic E-state index is -0.850. The van der Waals surface area contributed by atoms with Crippen LogP contribution in [0.4, 0.5) is 8.78 Å². The van der Waals surface area contributed by atoms with Crippen molar-refractivity contribution in [2.45, 2.75) is 13.3 Å². The van der Waals surface area contributed by atoms with Crippen LogP contribution in [0.15, 0.2) is 18.3 Å². The molecule has 0 aliphatic rings. The van der Waals surface area contributed by atoms with Crippen molar-refractivity contribution in [2.75, 3.05) is 6.54 Å². The number of benzene rings is 1. The molecule has 0 spiro atoms. The Labute approximate surface area is 104 Å². The zero-order valence-electron chi connectivity index (χ0n) is 9.38. The Morgan fingerprint density at radius 1 is 1.41 bits per heavy atom. The Hall–Kier alpha value is -1.33. The summed E-state index contributed by atoms with van der Waals surface area (Å²) in [4.78, 5) is 0. The average Bonchev–Trinajstić information content (AvgIpc) is 2.25. The van der Waals surface area contributed by atoms with E-state index in [9.17, 15) is 8.78 Å². The quantitative estimate of drug-likeness (QED) is 0.497. The van der Waals surface area contributed by atoms with Gasteiger partial charge in [0.2, 0.25) is 0 Å². The molecule has 94 valence electrons. The van der Waals surface area contributed by atoms with E-state index in [2.05, 4.69) is 0 Å². The molecule has 1 aromatic carbocycles. The molecular weight excluding hydrogens is 248 g/mol. The van der Waals surface area contributed by atoms with Gasteiger partial charge in [-0.25, -0.2) is 14.6 Å². The number of rotatable bonds is 4. The largest absolute Gasteiger partial charge is 0.397 e. The molecule has 0 saturated carbocycles. The second-order valence-electron chi connectivity index (χ2n) is 3.58. The highest BCUT2D eigenvalue weighted by molar-refractivity contribution is 6.30. The lowest BCUT2D eigenvalue weighted by molar-refractivity contribution is 0.394. The minimum absolute atomic E-state index is 0.176. The van der Waals surface area contributed by atoms with E-state index in [0.717, 1.165) is 18.6 Å². The van der Waals surface area contributed by atoms with Crippen molar-refractivity contribution in [3.05, 3.63) is 40.6 Å². The Balaban J connectivity index is 3.00. The van der Waals surface area contributed by atoms with Crippen molar-refractivity contribution in [2.24, 2.45) is 11.6 Å². The van der Waals surface area contributed by atoms with E-state index in [-0.39, 0.29) is 11.3 Å². The Kier molecular flexibility index (Phi) is 4.72. The van der Waals surface area contributed by atoms with Crippen LogP contribution in [-0.2, 0) is 0 Å². The van der Waals surface area contributed by atoms with Crippen molar-refractivity contribution in [3.8, 4) is 0 Å². The van der Waals surface area contributed by atoms with Gasteiger partial charge in [0.1, 0.15) is 16.7 Å². The van der Waals surface area contributed by atoms with Crippen LogP contribution in [0.5, 0.6) is 0 Å². The zero-order valence-corrected chi connectivity index (χ0v) is 10.1. The van der Waals surface area contributed by atoms with Gasteiger partial charge in [-0.1, -0.05) is 18.5 Å². The van der Waals surface area contributed by atoms with E-state index in [1.807, 2.05) is 6.92 Å². The maximum Gasteiger partial charge on any atom is 0.145 e. The molecule has 0 unspecified atom stereocenters. The van der Waals surface area contributed by atoms with Gasteiger partial charge < -0.3 is 10.7 Å². The third kappa shape index (κ3) is 3.57. The minimum Gasteiger partial charge on any atom is -0.397 e. The maximum absolute atomic E-state index is 13.2. The monoisotopic (exact) mass is 261 g/mol. The normalized spacial score (nSPS) is 11.7. The molecule has 0 heterocycles. The molecule has 0 bridgehead atoms. The van der Waals surface area contributed by atoms with Crippen molar-refractivity contribution in [1.29, 1.82) is 0 Å². The van der Waals surface area contributed by atoms with Crippen molar-refractivity contribution in [3.63, 3.8) is 0 Å². The molecule has 0 saturated heterocycles. The summed E-state index contributed by atoms with van der Waals surface area (Å²) >= 11 is 5.36. The van der Waals surface area contributed by atoms with E-state index in [0.29, 0.717) is 6.54 Å². The predicted molar refractivity (Wildman–Crippen MR) is 64.7 cm³/mol. The molecule has 1 rings (SSSR count). The Morgan fingerprint density at radius 2 is 1.94 bits per heavy atom. The summed E-state index contributed by atoms with van der Waals surface area (Å²) in [7, 11) is 0. The van der Waals surface area contributed by atoms with Crippen LogP contribution < -0.4 is 11.6 Å². The van der Waals surface area contributed by atoms with Gasteiger partial charge in [-0.2, -0.15) is 0 Å². The van der Waals surface area contributed by atoms with Crippen molar-refractivity contribution >= 4 is 17.3 Å². The zero-order chi connectivity index (χ0) is 13.0. The highest BCUT2D eigenvalue weighted by atomic mass is 35.5. The fraction of sp³-hybridized carbons (Fsp3) is 0.273. The van der Waals surface area contributed by atoms with Crippen LogP contribution in [0.3, 0.4) is 0 Å². The maximum atomic E-state index is 13.2. The Morgan fingerprint density at radius 3 is 2.41 bits per heavy atom. The fourth-order valence-corrected chi connectivity index (χ4v) is 1.41. The van der Waals surface area contributed by atoms with Gasteiger partial charge in [-0.3, -0.25) is 0 Å². The highest BCUT2D eigenvalue weighted by Crippen LogP contribution is 2.22. The van der Waals surface area contributed by atoms with Gasteiger partial charge in [0.05, 0.1) is 5.70 Å². The molecular formula is C11H14ClF2N3. The lowest BCUT2D eigenvalue weighted by atomic mass is 10.1. The number of nitrogens with two attached hydrogens (primary N) is 2. The van der Waals surface area contributed by atoms with Crippen LogP contribution in [0.1, 0.15) is 18.9 Å². The molecule has 0 aromatic heterocycles. The summed E-state index contributed by atoms with van der Waals surface area (Å²) in [5, 5.41) is 0.819. The number of halogens is 3. The van der Waals surface area contributed by atoms with Crippen LogP contribution in [0, 0.1) is 11.6 Å². The van der Waals surface area contributed by atoms with Crippen LogP contribution in [-0.4, -0.2) is 11.6 Å². The second kappa shape index (κ2) is 5.84. The first-order valence-electron chi connectivity index (χ1n) is 5.09. The molecule has 3 nitrogen and oxygen atoms in total. The van der Waals surface area contributed by atoms with Gasteiger partial charge in [-0.15, -0.1) is 0 Å². The van der Waals surface area contributed by atoms with Crippen molar-refractivity contribution in [1.82, 2.24) is 5.01 Å². The topological polar surface area (TPSA) is 55.3 Å². The molecule has 0 fully saturated rings. The average molecular weight is 262 g/mol. The van der Waals surface area contributed by atoms with E-state index < -0.39 is 16.7 Å². The first kappa shape index (κ1) is 13.7. The molecule has 6 heteroatoms. The second-order valence-corrected chi connectivity index (χ2v) is 3.95. The molecule has 4 N–H and O–H groups in total. The molecule has 0 aliphatic carbocycles. The standard InChI is InChI=1S/C11H14ClF2N3/c1-2-3-17(16)6-10(15)7-4-8(13)11(12)9(14)5-7/h4-6H,2-3,15-16H2,1H3/b10-6-. The van der Waals surface area contributed by atoms with Gasteiger partial charge in [0.25, 0.3) is 0 Å². The first-order chi connectivity index (χ1) is 7.95. The number of hydrogen-bond acceptors (Lipinski definition) is 3. The smallest absolute Gasteiger partial charge is 0.145 e. The van der Waals surface area contributed by atoms with Gasteiger partial charge in [-0.05, 0) is 18.6 Å². The molecule has 17 heavy (non-hydrogen) atoms. The van der Waals surface area contributed by atoms with Gasteiger partial charge in [0, 0.05) is 18.3 Å². The van der Waals surface area contributed by atoms with Crippen LogP contribution in [0.2, 0.25) is 5.02 Å². The number of hydrogen-bond donors (Lipinski definition) is 2. The summed E-state index contributed by atoms with van der Waals surface area (Å²) < 4.78 is 26.4. The van der Waals surface area contributed by atoms with Crippen LogP contribution >= 0.6 is 11.6 Å². The van der Waals surface area contributed by atoms with E-state index >= 15 is 0 Å². The van der Waals surface area contributed by atoms with Crippen LogP contribution in [0.25, 0.3) is 5.70 Å². The molecule has 1 aromatic rings. The molecule has 0 amide bonds. The highest BCUT2D eigenvalue weighted by Gasteiger charge is 2.10. The van der Waals surface area contributed by atoms with Gasteiger partial charge >= 0.3 is 0 Å². The molecule has 0 atom stereocenters. The Bertz CT molecular complexity index is 412. The number of hydrazine groups is 1. The van der Waals surface area contributed by atoms with Gasteiger partial charge in [0.15, 0.2) is 0 Å². The summed E-state index contributed by atoms with van der Waals surface area (Å²) in [5.74, 6) is 3.89. The third-order valence-corrected chi connectivity index (χ3v) is 2.46. The first-order valence-corrected chi connectivity index (χ1v) is 5.47. The summed E-state index contributed by atoms with van der Waals surface area (Å²) in [6.45, 7) is 2.55. The molecule has 0 aliphatic heterocycles. The third-order valence-electron chi connectivity index (χ3n) is 2.10. The summed E-state index contributed by atoms with van der Waals surface area (Å²) in [6, 6.07) is 2.13. The summed E-state index contributed by atoms with van der Waals surface area (Å²) in [5.41, 5.74) is 6.06. The number of nitrogens with zero attached hydrogens (tertiary/aromatic N) is 1.